The van der Waals surface area contributed by atoms with E-state index < -0.39 is 31.9 Å². The number of carbonyl (C=O) groups excluding carboxylic acids is 1. The van der Waals surface area contributed by atoms with E-state index in [4.69, 9.17) is 24.3 Å². The second kappa shape index (κ2) is 10.3. The lowest BCUT2D eigenvalue weighted by Crippen LogP contribution is -2.24. The van der Waals surface area contributed by atoms with Crippen molar-refractivity contribution in [3.05, 3.63) is 43.0 Å². The van der Waals surface area contributed by atoms with E-state index in [1.54, 1.807) is 68.9 Å². The molecule has 0 radical (unpaired) electrons. The number of nitrogen functional groups attached to an aromatic ring is 1. The van der Waals surface area contributed by atoms with E-state index in [0.717, 1.165) is 0 Å². The zero-order valence-electron chi connectivity index (χ0n) is 19.0. The topological polar surface area (TPSA) is 141 Å². The van der Waals surface area contributed by atoms with Crippen LogP contribution in [-0.4, -0.2) is 44.7 Å². The van der Waals surface area contributed by atoms with Crippen LogP contribution in [-0.2, 0) is 29.9 Å². The molecular weight excluding hydrogens is 449 g/mol. The molecule has 0 saturated heterocycles. The van der Waals surface area contributed by atoms with Gasteiger partial charge in [-0.1, -0.05) is 18.2 Å². The van der Waals surface area contributed by atoms with Crippen LogP contribution in [0.5, 0.6) is 5.75 Å². The third-order valence-electron chi connectivity index (χ3n) is 4.44. The molecule has 12 heteroatoms. The average molecular weight is 477 g/mol. The monoisotopic (exact) mass is 477 g/mol. The summed E-state index contributed by atoms with van der Waals surface area (Å²) in [5.41, 5.74) is 6.15. The highest BCUT2D eigenvalue weighted by atomic mass is 31.2. The molecule has 0 unspecified atom stereocenters. The molecule has 11 nitrogen and oxygen atoms in total. The van der Waals surface area contributed by atoms with Crippen LogP contribution in [0.15, 0.2) is 43.0 Å². The van der Waals surface area contributed by atoms with Gasteiger partial charge in [0.15, 0.2) is 17.8 Å². The standard InChI is InChI=1S/C21H28N5O6P/c1-15(10-26-12-25-17-18(22)23-11-24-19(17)26)30-14-33(28,32-16-8-6-5-7-9-16)31-13-29-20(27)21(2,3)4/h5-9,11-12,15H,10,13-14H2,1-4H3,(H2,22,23,24)/t15-,33+/m1/s1. The van der Waals surface area contributed by atoms with Crippen LogP contribution < -0.4 is 10.3 Å². The number of benzene rings is 1. The number of para-hydroxylation sites is 1. The summed E-state index contributed by atoms with van der Waals surface area (Å²) >= 11 is 0. The summed E-state index contributed by atoms with van der Waals surface area (Å²) in [7, 11) is -3.82. The normalized spacial score (nSPS) is 14.5. The number of imidazole rings is 1. The molecule has 2 atom stereocenters. The summed E-state index contributed by atoms with van der Waals surface area (Å²) < 4.78 is 37.0. The van der Waals surface area contributed by atoms with E-state index in [0.29, 0.717) is 23.5 Å². The molecule has 3 rings (SSSR count). The highest BCUT2D eigenvalue weighted by Crippen LogP contribution is 2.48. The summed E-state index contributed by atoms with van der Waals surface area (Å²) in [6.45, 7) is 6.75. The predicted octanol–water partition coefficient (Wildman–Crippen LogP) is 3.61. The fourth-order valence-corrected chi connectivity index (χ4v) is 3.96. The lowest BCUT2D eigenvalue weighted by atomic mass is 9.98. The fourth-order valence-electron chi connectivity index (χ4n) is 2.69. The number of fused-ring (bicyclic) bond motifs is 1. The van der Waals surface area contributed by atoms with Gasteiger partial charge in [0.25, 0.3) is 0 Å². The van der Waals surface area contributed by atoms with Crippen molar-refractivity contribution in [1.82, 2.24) is 19.5 Å². The molecule has 2 heterocycles. The molecule has 33 heavy (non-hydrogen) atoms. The Morgan fingerprint density at radius 2 is 1.91 bits per heavy atom. The molecule has 2 N–H and O–H groups in total. The van der Waals surface area contributed by atoms with Gasteiger partial charge >= 0.3 is 13.6 Å². The van der Waals surface area contributed by atoms with Crippen LogP contribution in [0.1, 0.15) is 27.7 Å². The van der Waals surface area contributed by atoms with Crippen LogP contribution in [0.2, 0.25) is 0 Å². The van der Waals surface area contributed by atoms with Gasteiger partial charge in [0.2, 0.25) is 6.79 Å². The minimum absolute atomic E-state index is 0.284. The summed E-state index contributed by atoms with van der Waals surface area (Å²) in [4.78, 5) is 24.3. The third-order valence-corrected chi connectivity index (χ3v) is 5.89. The SMILES string of the molecule is C[C@H](Cn1cnc2c(N)ncnc21)OC[P@](=O)(OCOC(=O)C(C)(C)C)Oc1ccccc1. The zero-order chi connectivity index (χ0) is 24.1. The van der Waals surface area contributed by atoms with E-state index in [2.05, 4.69) is 15.0 Å². The minimum Gasteiger partial charge on any atom is -0.438 e. The van der Waals surface area contributed by atoms with Gasteiger partial charge in [0.05, 0.1) is 24.4 Å². The Morgan fingerprint density at radius 3 is 2.61 bits per heavy atom. The number of carbonyl (C=O) groups is 1. The van der Waals surface area contributed by atoms with Gasteiger partial charge in [-0.25, -0.2) is 19.5 Å². The number of aromatic nitrogens is 4. The molecule has 0 fully saturated rings. The Bertz CT molecular complexity index is 1130. The van der Waals surface area contributed by atoms with Crippen molar-refractivity contribution in [2.75, 3.05) is 18.9 Å². The van der Waals surface area contributed by atoms with Crippen LogP contribution in [0, 0.1) is 5.41 Å². The summed E-state index contributed by atoms with van der Waals surface area (Å²) in [6, 6.07) is 8.56. The minimum atomic E-state index is -3.82. The summed E-state index contributed by atoms with van der Waals surface area (Å²) in [5, 5.41) is 0. The second-order valence-corrected chi connectivity index (χ2v) is 10.3. The van der Waals surface area contributed by atoms with Crippen molar-refractivity contribution >= 4 is 30.5 Å². The van der Waals surface area contributed by atoms with Gasteiger partial charge in [-0.05, 0) is 39.8 Å². The Kier molecular flexibility index (Phi) is 7.68. The van der Waals surface area contributed by atoms with Crippen LogP contribution in [0.25, 0.3) is 11.2 Å². The van der Waals surface area contributed by atoms with Crippen molar-refractivity contribution in [1.29, 1.82) is 0 Å². The molecule has 0 aliphatic rings. The van der Waals surface area contributed by atoms with Gasteiger partial charge in [0, 0.05) is 0 Å². The maximum atomic E-state index is 13.4. The Balaban J connectivity index is 1.65. The number of nitrogens with zero attached hydrogens (tertiary/aromatic N) is 4. The van der Waals surface area contributed by atoms with Crippen molar-refractivity contribution in [2.45, 2.75) is 40.3 Å². The van der Waals surface area contributed by atoms with E-state index in [9.17, 15) is 9.36 Å². The third kappa shape index (κ3) is 6.74. The number of hydrogen-bond donors (Lipinski definition) is 1. The first-order valence-electron chi connectivity index (χ1n) is 10.3. The van der Waals surface area contributed by atoms with E-state index in [-0.39, 0.29) is 12.2 Å². The molecule has 0 spiro atoms. The zero-order valence-corrected chi connectivity index (χ0v) is 19.9. The van der Waals surface area contributed by atoms with E-state index >= 15 is 0 Å². The molecule has 2 aromatic heterocycles. The molecule has 0 amide bonds. The second-order valence-electron chi connectivity index (χ2n) is 8.38. The van der Waals surface area contributed by atoms with Crippen molar-refractivity contribution in [2.24, 2.45) is 5.41 Å². The lowest BCUT2D eigenvalue weighted by Gasteiger charge is -2.22. The maximum absolute atomic E-state index is 13.4. The van der Waals surface area contributed by atoms with Gasteiger partial charge in [-0.15, -0.1) is 0 Å². The van der Waals surface area contributed by atoms with Gasteiger partial charge < -0.3 is 24.3 Å². The number of ether oxygens (including phenoxy) is 2. The number of rotatable bonds is 10. The van der Waals surface area contributed by atoms with Crippen molar-refractivity contribution < 1.29 is 27.9 Å². The van der Waals surface area contributed by atoms with Crippen LogP contribution >= 0.6 is 7.60 Å². The average Bonchev–Trinajstić information content (AvgIpc) is 3.16. The molecule has 1 aromatic carbocycles. The highest BCUT2D eigenvalue weighted by Gasteiger charge is 2.30. The van der Waals surface area contributed by atoms with Crippen LogP contribution in [0.4, 0.5) is 5.82 Å². The first-order valence-corrected chi connectivity index (χ1v) is 12.0. The fraction of sp³-hybridized carbons (Fsp3) is 0.429. The van der Waals surface area contributed by atoms with Gasteiger partial charge in [-0.3, -0.25) is 9.32 Å². The molecule has 178 valence electrons. The Labute approximate surface area is 191 Å². The largest absolute Gasteiger partial charge is 0.438 e. The number of hydrogen-bond acceptors (Lipinski definition) is 10. The Hall–Kier alpha value is -3.01. The smallest absolute Gasteiger partial charge is 0.407 e. The van der Waals surface area contributed by atoms with Crippen molar-refractivity contribution in [3.63, 3.8) is 0 Å². The number of nitrogens with two attached hydrogens (primary N) is 1. The number of anilines is 1. The summed E-state index contributed by atoms with van der Waals surface area (Å²) in [6.07, 6.45) is 2.17. The number of esters is 1. The highest BCUT2D eigenvalue weighted by molar-refractivity contribution is 7.54. The van der Waals surface area contributed by atoms with Crippen LogP contribution in [0.3, 0.4) is 0 Å². The maximum Gasteiger partial charge on any atom is 0.407 e. The molecule has 0 saturated carbocycles. The predicted molar refractivity (Wildman–Crippen MR) is 121 cm³/mol. The molecule has 0 bridgehead atoms. The molecular formula is C21H28N5O6P. The molecule has 3 aromatic rings. The Morgan fingerprint density at radius 1 is 1.18 bits per heavy atom. The van der Waals surface area contributed by atoms with Crippen molar-refractivity contribution in [3.8, 4) is 5.75 Å². The summed E-state index contributed by atoms with van der Waals surface area (Å²) in [5.74, 6) is 0.134. The van der Waals surface area contributed by atoms with Gasteiger partial charge in [-0.2, -0.15) is 0 Å². The quantitative estimate of drug-likeness (QED) is 0.261. The lowest BCUT2D eigenvalue weighted by molar-refractivity contribution is -0.160. The van der Waals surface area contributed by atoms with Gasteiger partial charge in [0.1, 0.15) is 17.6 Å². The van der Waals surface area contributed by atoms with E-state index in [1.165, 1.54) is 6.33 Å². The first-order chi connectivity index (χ1) is 15.6. The molecule has 0 aliphatic carbocycles. The molecule has 0 aliphatic heterocycles. The first kappa shape index (κ1) is 24.6. The van der Waals surface area contributed by atoms with E-state index in [1.807, 2.05) is 0 Å².